The van der Waals surface area contributed by atoms with Gasteiger partial charge in [-0.15, -0.1) is 5.10 Å². The fourth-order valence-corrected chi connectivity index (χ4v) is 3.13. The van der Waals surface area contributed by atoms with E-state index in [1.807, 2.05) is 40.2 Å². The van der Waals surface area contributed by atoms with Gasteiger partial charge in [-0.05, 0) is 30.9 Å². The number of rotatable bonds is 6. The third kappa shape index (κ3) is 4.30. The lowest BCUT2D eigenvalue weighted by Gasteiger charge is -2.27. The number of aromatic nitrogens is 3. The maximum Gasteiger partial charge on any atom is 0.265 e. The van der Waals surface area contributed by atoms with Crippen LogP contribution in [0.3, 0.4) is 0 Å². The van der Waals surface area contributed by atoms with Gasteiger partial charge in [0.25, 0.3) is 5.91 Å². The number of hydrazine groups is 1. The molecule has 140 valence electrons. The summed E-state index contributed by atoms with van der Waals surface area (Å²) >= 11 is 0. The molecule has 0 radical (unpaired) electrons. The number of amides is 1. The Kier molecular flexibility index (Phi) is 5.71. The third-order valence-corrected chi connectivity index (χ3v) is 5.33. The van der Waals surface area contributed by atoms with Gasteiger partial charge in [-0.25, -0.2) is 9.69 Å². The van der Waals surface area contributed by atoms with Crippen LogP contribution in [0.5, 0.6) is 0 Å². The number of carbonyl (C=O) groups excluding carboxylic acids is 1. The van der Waals surface area contributed by atoms with Crippen LogP contribution in [0, 0.1) is 0 Å². The molecule has 0 spiro atoms. The van der Waals surface area contributed by atoms with Crippen molar-refractivity contribution in [3.63, 3.8) is 0 Å². The maximum absolute atomic E-state index is 12.7. The zero-order chi connectivity index (χ0) is 18.6. The Labute approximate surface area is 155 Å². The minimum absolute atomic E-state index is 0.00338. The average Bonchev–Trinajstić information content (AvgIpc) is 3.12. The fraction of sp³-hybridized carbons (Fsp3) is 0.550. The van der Waals surface area contributed by atoms with Crippen LogP contribution in [0.2, 0.25) is 0 Å². The normalized spacial score (nSPS) is 15.8. The zero-order valence-electron chi connectivity index (χ0n) is 16.0. The molecule has 26 heavy (non-hydrogen) atoms. The second-order valence-corrected chi connectivity index (χ2v) is 7.68. The molecule has 0 aliphatic carbocycles. The summed E-state index contributed by atoms with van der Waals surface area (Å²) in [6.45, 7) is 8.87. The molecule has 1 aliphatic heterocycles. The summed E-state index contributed by atoms with van der Waals surface area (Å²) in [6.07, 6.45) is 6.50. The molecule has 1 aliphatic rings. The highest BCUT2D eigenvalue weighted by atomic mass is 16.2. The van der Waals surface area contributed by atoms with Gasteiger partial charge in [0.1, 0.15) is 0 Å². The molecule has 0 atom stereocenters. The molecule has 1 fully saturated rings. The molecular weight excluding hydrogens is 326 g/mol. The zero-order valence-corrected chi connectivity index (χ0v) is 16.0. The third-order valence-electron chi connectivity index (χ3n) is 5.33. The topological polar surface area (TPSA) is 63.1 Å². The van der Waals surface area contributed by atoms with Gasteiger partial charge in [0.15, 0.2) is 0 Å². The van der Waals surface area contributed by atoms with E-state index in [-0.39, 0.29) is 11.3 Å². The summed E-state index contributed by atoms with van der Waals surface area (Å²) in [7, 11) is 0. The van der Waals surface area contributed by atoms with Gasteiger partial charge in [0.05, 0.1) is 12.2 Å². The first kappa shape index (κ1) is 18.6. The van der Waals surface area contributed by atoms with Crippen LogP contribution in [0.1, 0.15) is 68.1 Å². The van der Waals surface area contributed by atoms with E-state index in [0.717, 1.165) is 43.6 Å². The monoisotopic (exact) mass is 355 g/mol. The van der Waals surface area contributed by atoms with Crippen molar-refractivity contribution in [3.8, 4) is 0 Å². The Hall–Kier alpha value is -2.21. The molecular formula is C20H29N5O. The molecule has 0 saturated carbocycles. The molecule has 2 heterocycles. The molecule has 3 rings (SSSR count). The molecule has 1 aromatic carbocycles. The van der Waals surface area contributed by atoms with E-state index in [0.29, 0.717) is 12.1 Å². The highest BCUT2D eigenvalue weighted by Gasteiger charge is 2.22. The number of nitrogens with one attached hydrogen (secondary N) is 1. The second kappa shape index (κ2) is 7.99. The Morgan fingerprint density at radius 2 is 1.92 bits per heavy atom. The van der Waals surface area contributed by atoms with Crippen molar-refractivity contribution in [2.45, 2.75) is 58.4 Å². The molecule has 0 unspecified atom stereocenters. The predicted molar refractivity (Wildman–Crippen MR) is 102 cm³/mol. The Morgan fingerprint density at radius 3 is 2.65 bits per heavy atom. The van der Waals surface area contributed by atoms with Gasteiger partial charge >= 0.3 is 0 Å². The highest BCUT2D eigenvalue weighted by Crippen LogP contribution is 2.24. The fourth-order valence-electron chi connectivity index (χ4n) is 3.13. The smallest absolute Gasteiger partial charge is 0.265 e. The van der Waals surface area contributed by atoms with Gasteiger partial charge in [0.2, 0.25) is 0 Å². The SMILES string of the molecule is CCC(C)(C)c1cn(Cc2ccccc2C(=O)NN2CCCCC2)nn1. The minimum Gasteiger partial charge on any atom is -0.285 e. The molecule has 6 nitrogen and oxygen atoms in total. The second-order valence-electron chi connectivity index (χ2n) is 7.68. The van der Waals surface area contributed by atoms with E-state index in [1.165, 1.54) is 6.42 Å². The van der Waals surface area contributed by atoms with Crippen molar-refractivity contribution in [1.82, 2.24) is 25.4 Å². The Morgan fingerprint density at radius 1 is 1.19 bits per heavy atom. The van der Waals surface area contributed by atoms with Gasteiger partial charge < -0.3 is 0 Å². The van der Waals surface area contributed by atoms with Gasteiger partial charge in [-0.3, -0.25) is 10.2 Å². The van der Waals surface area contributed by atoms with Crippen molar-refractivity contribution in [1.29, 1.82) is 0 Å². The minimum atomic E-state index is -0.0447. The number of piperidine rings is 1. The van der Waals surface area contributed by atoms with E-state index in [1.54, 1.807) is 0 Å². The van der Waals surface area contributed by atoms with Gasteiger partial charge in [-0.1, -0.05) is 50.6 Å². The first-order chi connectivity index (χ1) is 12.5. The van der Waals surface area contributed by atoms with Crippen LogP contribution >= 0.6 is 0 Å². The Balaban J connectivity index is 1.74. The number of hydrogen-bond donors (Lipinski definition) is 1. The van der Waals surface area contributed by atoms with Crippen LogP contribution in [-0.2, 0) is 12.0 Å². The lowest BCUT2D eigenvalue weighted by molar-refractivity contribution is 0.0749. The summed E-state index contributed by atoms with van der Waals surface area (Å²) in [6, 6.07) is 7.72. The van der Waals surface area contributed by atoms with Crippen LogP contribution < -0.4 is 5.43 Å². The number of benzene rings is 1. The summed E-state index contributed by atoms with van der Waals surface area (Å²) < 4.78 is 1.82. The molecule has 2 aromatic rings. The molecule has 1 amide bonds. The first-order valence-electron chi connectivity index (χ1n) is 9.54. The Bertz CT molecular complexity index is 746. The molecule has 6 heteroatoms. The van der Waals surface area contributed by atoms with Gasteiger partial charge in [-0.2, -0.15) is 0 Å². The number of nitrogens with zero attached hydrogens (tertiary/aromatic N) is 4. The quantitative estimate of drug-likeness (QED) is 0.865. The lowest BCUT2D eigenvalue weighted by atomic mass is 9.87. The molecule has 0 bridgehead atoms. The molecule has 1 saturated heterocycles. The lowest BCUT2D eigenvalue weighted by Crippen LogP contribution is -2.45. The van der Waals surface area contributed by atoms with Crippen molar-refractivity contribution >= 4 is 5.91 Å². The maximum atomic E-state index is 12.7. The van der Waals surface area contributed by atoms with Gasteiger partial charge in [0, 0.05) is 30.3 Å². The molecule has 1 aromatic heterocycles. The van der Waals surface area contributed by atoms with E-state index in [4.69, 9.17) is 0 Å². The summed E-state index contributed by atoms with van der Waals surface area (Å²) in [5.41, 5.74) is 5.68. The van der Waals surface area contributed by atoms with E-state index >= 15 is 0 Å². The first-order valence-corrected chi connectivity index (χ1v) is 9.54. The summed E-state index contributed by atoms with van der Waals surface area (Å²) in [4.78, 5) is 12.7. The summed E-state index contributed by atoms with van der Waals surface area (Å²) in [5.74, 6) is -0.0447. The largest absolute Gasteiger partial charge is 0.285 e. The van der Waals surface area contributed by atoms with Crippen molar-refractivity contribution in [2.75, 3.05) is 13.1 Å². The summed E-state index contributed by atoms with van der Waals surface area (Å²) in [5, 5.41) is 10.6. The van der Waals surface area contributed by atoms with Crippen molar-refractivity contribution in [2.24, 2.45) is 0 Å². The molecule has 1 N–H and O–H groups in total. The van der Waals surface area contributed by atoms with Crippen LogP contribution in [0.15, 0.2) is 30.5 Å². The van der Waals surface area contributed by atoms with Crippen molar-refractivity contribution < 1.29 is 4.79 Å². The van der Waals surface area contributed by atoms with E-state index < -0.39 is 0 Å². The van der Waals surface area contributed by atoms with E-state index in [9.17, 15) is 4.79 Å². The van der Waals surface area contributed by atoms with Crippen molar-refractivity contribution in [3.05, 3.63) is 47.3 Å². The van der Waals surface area contributed by atoms with Crippen LogP contribution in [-0.4, -0.2) is 39.0 Å². The van der Waals surface area contributed by atoms with Crippen LogP contribution in [0.4, 0.5) is 0 Å². The standard InChI is InChI=1S/C20H29N5O/c1-4-20(2,3)18-15-25(23-21-18)14-16-10-6-7-11-17(16)19(26)22-24-12-8-5-9-13-24/h6-7,10-11,15H,4-5,8-9,12-14H2,1-3H3,(H,22,26). The number of carbonyl (C=O) groups is 1. The van der Waals surface area contributed by atoms with Crippen LogP contribution in [0.25, 0.3) is 0 Å². The number of hydrogen-bond acceptors (Lipinski definition) is 4. The predicted octanol–water partition coefficient (Wildman–Crippen LogP) is 3.14. The van der Waals surface area contributed by atoms with E-state index in [2.05, 4.69) is 36.5 Å². The highest BCUT2D eigenvalue weighted by molar-refractivity contribution is 5.95. The average molecular weight is 355 g/mol.